The Morgan fingerprint density at radius 1 is 1.37 bits per heavy atom. The molecular weight excluding hydrogens is 242 g/mol. The van der Waals surface area contributed by atoms with Crippen molar-refractivity contribution in [1.82, 2.24) is 4.90 Å². The summed E-state index contributed by atoms with van der Waals surface area (Å²) < 4.78 is 5.38. The van der Waals surface area contributed by atoms with Crippen LogP contribution in [-0.4, -0.2) is 48.8 Å². The molecule has 112 valence electrons. The van der Waals surface area contributed by atoms with Crippen LogP contribution >= 0.6 is 0 Å². The Kier molecular flexibility index (Phi) is 6.58. The van der Waals surface area contributed by atoms with Gasteiger partial charge < -0.3 is 20.6 Å². The summed E-state index contributed by atoms with van der Waals surface area (Å²) in [5.74, 6) is 0.324. The fourth-order valence-corrected chi connectivity index (χ4v) is 2.50. The summed E-state index contributed by atoms with van der Waals surface area (Å²) in [6.07, 6.45) is 5.48. The largest absolute Gasteiger partial charge is 0.409 e. The molecule has 0 aromatic carbocycles. The van der Waals surface area contributed by atoms with Crippen LogP contribution in [0.25, 0.3) is 0 Å². The van der Waals surface area contributed by atoms with Gasteiger partial charge in [0, 0.05) is 24.7 Å². The van der Waals surface area contributed by atoms with E-state index in [0.29, 0.717) is 11.9 Å². The number of hydrogen-bond acceptors (Lipinski definition) is 4. The van der Waals surface area contributed by atoms with Crippen molar-refractivity contribution in [1.29, 1.82) is 0 Å². The standard InChI is InChI=1S/C14H29N3O2/c1-14(2,13(15)16-18)8-4-5-9-17(3)12-6-10-19-11-7-12/h12,18H,4-11H2,1-3H3,(H2,15,16). The number of rotatable bonds is 7. The van der Waals surface area contributed by atoms with Gasteiger partial charge in [-0.25, -0.2) is 0 Å². The zero-order valence-electron chi connectivity index (χ0n) is 12.6. The molecule has 1 fully saturated rings. The maximum atomic E-state index is 8.73. The smallest absolute Gasteiger partial charge is 0.144 e. The van der Waals surface area contributed by atoms with Crippen molar-refractivity contribution >= 4 is 5.84 Å². The van der Waals surface area contributed by atoms with Crippen LogP contribution in [0.1, 0.15) is 46.0 Å². The number of nitrogens with zero attached hydrogens (tertiary/aromatic N) is 2. The summed E-state index contributed by atoms with van der Waals surface area (Å²) in [4.78, 5) is 2.44. The molecule has 1 heterocycles. The zero-order chi connectivity index (χ0) is 14.3. The van der Waals surface area contributed by atoms with E-state index in [9.17, 15) is 0 Å². The lowest BCUT2D eigenvalue weighted by Crippen LogP contribution is -2.37. The van der Waals surface area contributed by atoms with Crippen LogP contribution in [0.3, 0.4) is 0 Å². The van der Waals surface area contributed by atoms with E-state index in [1.807, 2.05) is 13.8 Å². The molecule has 0 unspecified atom stereocenters. The van der Waals surface area contributed by atoms with Gasteiger partial charge in [-0.15, -0.1) is 0 Å². The number of hydrogen-bond donors (Lipinski definition) is 2. The van der Waals surface area contributed by atoms with E-state index in [0.717, 1.165) is 51.9 Å². The summed E-state index contributed by atoms with van der Waals surface area (Å²) in [6, 6.07) is 0.672. The van der Waals surface area contributed by atoms with Crippen molar-refractivity contribution in [3.05, 3.63) is 0 Å². The van der Waals surface area contributed by atoms with E-state index in [4.69, 9.17) is 15.7 Å². The molecule has 1 saturated heterocycles. The number of ether oxygens (including phenoxy) is 1. The number of unbranched alkanes of at least 4 members (excludes halogenated alkanes) is 1. The Hall–Kier alpha value is -0.810. The molecule has 1 aliphatic heterocycles. The van der Waals surface area contributed by atoms with Crippen molar-refractivity contribution in [2.75, 3.05) is 26.8 Å². The molecule has 0 atom stereocenters. The van der Waals surface area contributed by atoms with Gasteiger partial charge in [-0.05, 0) is 39.3 Å². The fraction of sp³-hybridized carbons (Fsp3) is 0.929. The second kappa shape index (κ2) is 7.70. The average molecular weight is 271 g/mol. The molecule has 0 bridgehead atoms. The van der Waals surface area contributed by atoms with Crippen LogP contribution in [0.2, 0.25) is 0 Å². The first-order valence-corrected chi connectivity index (χ1v) is 7.23. The molecule has 5 heteroatoms. The van der Waals surface area contributed by atoms with Crippen LogP contribution in [0.5, 0.6) is 0 Å². The van der Waals surface area contributed by atoms with E-state index in [-0.39, 0.29) is 5.41 Å². The predicted octanol–water partition coefficient (Wildman–Crippen LogP) is 2.04. The SMILES string of the molecule is CN(CCCCC(C)(C)C(N)=NO)C1CCOCC1. The highest BCUT2D eigenvalue weighted by Crippen LogP contribution is 2.23. The van der Waals surface area contributed by atoms with Gasteiger partial charge in [0.1, 0.15) is 5.84 Å². The van der Waals surface area contributed by atoms with E-state index in [2.05, 4.69) is 17.1 Å². The molecule has 19 heavy (non-hydrogen) atoms. The Balaban J connectivity index is 2.19. The maximum absolute atomic E-state index is 8.73. The Labute approximate surface area is 116 Å². The van der Waals surface area contributed by atoms with Gasteiger partial charge in [0.05, 0.1) is 0 Å². The lowest BCUT2D eigenvalue weighted by Gasteiger charge is -2.31. The lowest BCUT2D eigenvalue weighted by molar-refractivity contribution is 0.0425. The minimum absolute atomic E-state index is 0.216. The van der Waals surface area contributed by atoms with E-state index in [1.54, 1.807) is 0 Å². The van der Waals surface area contributed by atoms with Gasteiger partial charge >= 0.3 is 0 Å². The first-order chi connectivity index (χ1) is 8.97. The number of oxime groups is 1. The maximum Gasteiger partial charge on any atom is 0.144 e. The highest BCUT2D eigenvalue weighted by molar-refractivity contribution is 5.85. The summed E-state index contributed by atoms with van der Waals surface area (Å²) >= 11 is 0. The first kappa shape index (κ1) is 16.2. The monoisotopic (exact) mass is 271 g/mol. The van der Waals surface area contributed by atoms with Crippen LogP contribution < -0.4 is 5.73 Å². The van der Waals surface area contributed by atoms with Crippen molar-refractivity contribution < 1.29 is 9.94 Å². The van der Waals surface area contributed by atoms with Gasteiger partial charge in [-0.2, -0.15) is 0 Å². The summed E-state index contributed by atoms with van der Waals surface area (Å²) in [5.41, 5.74) is 5.47. The first-order valence-electron chi connectivity index (χ1n) is 7.23. The molecule has 0 aromatic heterocycles. The van der Waals surface area contributed by atoms with E-state index in [1.165, 1.54) is 0 Å². The normalized spacial score (nSPS) is 19.1. The van der Waals surface area contributed by atoms with Crippen LogP contribution in [-0.2, 0) is 4.74 Å². The molecule has 0 saturated carbocycles. The second-order valence-corrected chi connectivity index (χ2v) is 6.15. The van der Waals surface area contributed by atoms with Crippen LogP contribution in [0.15, 0.2) is 5.16 Å². The quantitative estimate of drug-likeness (QED) is 0.244. The Morgan fingerprint density at radius 2 is 2.00 bits per heavy atom. The van der Waals surface area contributed by atoms with Crippen molar-refractivity contribution in [2.45, 2.75) is 52.0 Å². The van der Waals surface area contributed by atoms with Crippen molar-refractivity contribution in [3.63, 3.8) is 0 Å². The minimum Gasteiger partial charge on any atom is -0.409 e. The zero-order valence-corrected chi connectivity index (χ0v) is 12.6. The van der Waals surface area contributed by atoms with Gasteiger partial charge in [-0.3, -0.25) is 0 Å². The molecule has 0 radical (unpaired) electrons. The summed E-state index contributed by atoms with van der Waals surface area (Å²) in [7, 11) is 2.20. The Morgan fingerprint density at radius 3 is 2.58 bits per heavy atom. The van der Waals surface area contributed by atoms with E-state index < -0.39 is 0 Å². The second-order valence-electron chi connectivity index (χ2n) is 6.15. The lowest BCUT2D eigenvalue weighted by atomic mass is 9.86. The number of nitrogens with two attached hydrogens (primary N) is 1. The topological polar surface area (TPSA) is 71.1 Å². The molecule has 3 N–H and O–H groups in total. The van der Waals surface area contributed by atoms with Gasteiger partial charge in [-0.1, -0.05) is 25.4 Å². The third kappa shape index (κ3) is 5.37. The number of amidine groups is 1. The van der Waals surface area contributed by atoms with E-state index >= 15 is 0 Å². The minimum atomic E-state index is -0.216. The van der Waals surface area contributed by atoms with Gasteiger partial charge in [0.15, 0.2) is 0 Å². The van der Waals surface area contributed by atoms with Crippen LogP contribution in [0.4, 0.5) is 0 Å². The summed E-state index contributed by atoms with van der Waals surface area (Å²) in [6.45, 7) is 6.93. The Bertz CT molecular complexity index is 286. The average Bonchev–Trinajstić information content (AvgIpc) is 2.43. The fourth-order valence-electron chi connectivity index (χ4n) is 2.50. The van der Waals surface area contributed by atoms with Crippen molar-refractivity contribution in [3.8, 4) is 0 Å². The van der Waals surface area contributed by atoms with Gasteiger partial charge in [0.25, 0.3) is 0 Å². The molecule has 0 spiro atoms. The third-order valence-electron chi connectivity index (χ3n) is 4.18. The molecule has 1 aliphatic rings. The molecule has 0 aliphatic carbocycles. The highest BCUT2D eigenvalue weighted by atomic mass is 16.5. The van der Waals surface area contributed by atoms with Crippen LogP contribution in [0, 0.1) is 5.41 Å². The van der Waals surface area contributed by atoms with Crippen molar-refractivity contribution in [2.24, 2.45) is 16.3 Å². The van der Waals surface area contributed by atoms with Gasteiger partial charge in [0.2, 0.25) is 0 Å². The molecule has 0 aromatic rings. The third-order valence-corrected chi connectivity index (χ3v) is 4.18. The molecule has 5 nitrogen and oxygen atoms in total. The summed E-state index contributed by atoms with van der Waals surface area (Å²) in [5, 5.41) is 11.8. The highest BCUT2D eigenvalue weighted by Gasteiger charge is 2.23. The molecule has 1 rings (SSSR count). The molecule has 0 amide bonds. The molecular formula is C14H29N3O2. The predicted molar refractivity (Wildman–Crippen MR) is 77.5 cm³/mol.